The van der Waals surface area contributed by atoms with Crippen LogP contribution in [0.5, 0.6) is 0 Å². The third-order valence-electron chi connectivity index (χ3n) is 3.27. The van der Waals surface area contributed by atoms with Gasteiger partial charge in [0.15, 0.2) is 5.82 Å². The van der Waals surface area contributed by atoms with Gasteiger partial charge in [0.05, 0.1) is 0 Å². The van der Waals surface area contributed by atoms with E-state index in [0.29, 0.717) is 24.7 Å². The molecule has 1 saturated heterocycles. The summed E-state index contributed by atoms with van der Waals surface area (Å²) in [6.07, 6.45) is -1.42. The Morgan fingerprint density at radius 2 is 2.17 bits per heavy atom. The Morgan fingerprint density at radius 3 is 2.91 bits per heavy atom. The molecule has 1 fully saturated rings. The molecule has 0 radical (unpaired) electrons. The number of aromatic nitrogens is 4. The van der Waals surface area contributed by atoms with E-state index in [4.69, 9.17) is 9.26 Å². The molecule has 0 spiro atoms. The first-order valence-corrected chi connectivity index (χ1v) is 7.10. The lowest BCUT2D eigenvalue weighted by molar-refractivity contribution is -0.141. The summed E-state index contributed by atoms with van der Waals surface area (Å²) in [5.74, 6) is 0.797. The topological polar surface area (TPSA) is 86.0 Å². The van der Waals surface area contributed by atoms with Crippen molar-refractivity contribution in [3.05, 3.63) is 29.7 Å². The maximum Gasteiger partial charge on any atom is 0.433 e. The van der Waals surface area contributed by atoms with Crippen molar-refractivity contribution in [2.45, 2.75) is 31.5 Å². The molecule has 1 aliphatic rings. The third-order valence-corrected chi connectivity index (χ3v) is 3.27. The molecule has 0 aliphatic carbocycles. The lowest BCUT2D eigenvalue weighted by atomic mass is 10.2. The van der Waals surface area contributed by atoms with Gasteiger partial charge in [-0.2, -0.15) is 18.2 Å². The highest BCUT2D eigenvalue weighted by molar-refractivity contribution is 5.26. The van der Waals surface area contributed by atoms with Crippen molar-refractivity contribution in [3.63, 3.8) is 0 Å². The van der Waals surface area contributed by atoms with Crippen molar-refractivity contribution in [2.75, 3.05) is 18.5 Å². The summed E-state index contributed by atoms with van der Waals surface area (Å²) in [5.41, 5.74) is -0.991. The second kappa shape index (κ2) is 6.49. The molecule has 3 rings (SSSR count). The lowest BCUT2D eigenvalue weighted by Crippen LogP contribution is -2.13. The number of hydrogen-bond donors (Lipinski definition) is 1. The molecule has 1 atom stereocenters. The molecular weight excluding hydrogens is 315 g/mol. The Bertz CT molecular complexity index is 655. The molecule has 0 bridgehead atoms. The number of nitrogens with zero attached hydrogens (tertiary/aromatic N) is 4. The summed E-state index contributed by atoms with van der Waals surface area (Å²) < 4.78 is 48.2. The van der Waals surface area contributed by atoms with Gasteiger partial charge in [-0.3, -0.25) is 0 Å². The van der Waals surface area contributed by atoms with Gasteiger partial charge in [-0.15, -0.1) is 0 Å². The largest absolute Gasteiger partial charge is 0.433 e. The summed E-state index contributed by atoms with van der Waals surface area (Å²) in [6, 6.07) is 0.818. The Morgan fingerprint density at radius 1 is 1.30 bits per heavy atom. The summed E-state index contributed by atoms with van der Waals surface area (Å²) >= 11 is 0. The van der Waals surface area contributed by atoms with E-state index in [9.17, 15) is 13.2 Å². The predicted molar refractivity (Wildman–Crippen MR) is 71.5 cm³/mol. The van der Waals surface area contributed by atoms with Gasteiger partial charge in [0.25, 0.3) is 5.89 Å². The normalized spacial score (nSPS) is 18.3. The Kier molecular flexibility index (Phi) is 4.42. The van der Waals surface area contributed by atoms with Gasteiger partial charge in [-0.1, -0.05) is 5.16 Å². The number of rotatable bonds is 5. The first-order chi connectivity index (χ1) is 11.0. The Hall–Kier alpha value is -2.23. The van der Waals surface area contributed by atoms with Crippen LogP contribution in [0.2, 0.25) is 0 Å². The van der Waals surface area contributed by atoms with Crippen molar-refractivity contribution in [2.24, 2.45) is 0 Å². The SMILES string of the molecule is FC(F)(F)c1ccnc(NCCc2noc([C@@H]3CCCO3)n2)n1. The molecule has 1 aliphatic heterocycles. The van der Waals surface area contributed by atoms with E-state index in [0.717, 1.165) is 25.1 Å². The first kappa shape index (κ1) is 15.7. The van der Waals surface area contributed by atoms with Gasteiger partial charge in [0.2, 0.25) is 5.95 Å². The molecule has 2 aromatic rings. The standard InChI is InChI=1S/C13H14F3N5O2/c14-13(15,16)9-3-5-17-12(19-9)18-6-4-10-20-11(23-21-10)8-2-1-7-22-8/h3,5,8H,1-2,4,6-7H2,(H,17,18,19)/t8-/m0/s1. The van der Waals surface area contributed by atoms with Crippen molar-refractivity contribution in [1.29, 1.82) is 0 Å². The van der Waals surface area contributed by atoms with Gasteiger partial charge in [0, 0.05) is 25.8 Å². The number of anilines is 1. The maximum absolute atomic E-state index is 12.5. The first-order valence-electron chi connectivity index (χ1n) is 7.10. The minimum Gasteiger partial charge on any atom is -0.368 e. The van der Waals surface area contributed by atoms with Gasteiger partial charge >= 0.3 is 6.18 Å². The average Bonchev–Trinajstić information content (AvgIpc) is 3.18. The molecule has 1 N–H and O–H groups in total. The molecule has 0 aromatic carbocycles. The van der Waals surface area contributed by atoms with Gasteiger partial charge in [-0.05, 0) is 18.9 Å². The zero-order valence-electron chi connectivity index (χ0n) is 12.0. The minimum atomic E-state index is -4.50. The number of hydrogen-bond acceptors (Lipinski definition) is 7. The summed E-state index contributed by atoms with van der Waals surface area (Å²) in [7, 11) is 0. The van der Waals surface area contributed by atoms with Crippen LogP contribution in [0.25, 0.3) is 0 Å². The molecular formula is C13H14F3N5O2. The van der Waals surface area contributed by atoms with Crippen molar-refractivity contribution in [1.82, 2.24) is 20.1 Å². The van der Waals surface area contributed by atoms with E-state index in [-0.39, 0.29) is 18.6 Å². The second-order valence-corrected chi connectivity index (χ2v) is 4.99. The molecule has 23 heavy (non-hydrogen) atoms. The zero-order valence-corrected chi connectivity index (χ0v) is 12.0. The highest BCUT2D eigenvalue weighted by atomic mass is 19.4. The molecule has 0 saturated carbocycles. The van der Waals surface area contributed by atoms with Crippen LogP contribution >= 0.6 is 0 Å². The summed E-state index contributed by atoms with van der Waals surface area (Å²) in [4.78, 5) is 11.4. The van der Waals surface area contributed by atoms with Crippen molar-refractivity contribution >= 4 is 5.95 Å². The number of halogens is 3. The fourth-order valence-electron chi connectivity index (χ4n) is 2.16. The van der Waals surface area contributed by atoms with Crippen LogP contribution in [-0.4, -0.2) is 33.3 Å². The van der Waals surface area contributed by atoms with E-state index >= 15 is 0 Å². The van der Waals surface area contributed by atoms with Crippen LogP contribution < -0.4 is 5.32 Å². The van der Waals surface area contributed by atoms with E-state index in [1.54, 1.807) is 0 Å². The number of ether oxygens (including phenoxy) is 1. The minimum absolute atomic E-state index is 0.0948. The van der Waals surface area contributed by atoms with Gasteiger partial charge < -0.3 is 14.6 Å². The van der Waals surface area contributed by atoms with E-state index in [2.05, 4.69) is 25.4 Å². The molecule has 3 heterocycles. The third kappa shape index (κ3) is 3.95. The predicted octanol–water partition coefficient (Wildman–Crippen LogP) is 2.38. The monoisotopic (exact) mass is 329 g/mol. The lowest BCUT2D eigenvalue weighted by Gasteiger charge is -2.07. The number of nitrogens with one attached hydrogen (secondary N) is 1. The average molecular weight is 329 g/mol. The van der Waals surface area contributed by atoms with Crippen LogP contribution in [0.15, 0.2) is 16.8 Å². The molecule has 10 heteroatoms. The van der Waals surface area contributed by atoms with Crippen molar-refractivity contribution in [3.8, 4) is 0 Å². The fourth-order valence-corrected chi connectivity index (χ4v) is 2.16. The highest BCUT2D eigenvalue weighted by Gasteiger charge is 2.32. The van der Waals surface area contributed by atoms with Crippen molar-refractivity contribution < 1.29 is 22.4 Å². The molecule has 0 unspecified atom stereocenters. The number of alkyl halides is 3. The summed E-state index contributed by atoms with van der Waals surface area (Å²) in [6.45, 7) is 0.961. The quantitative estimate of drug-likeness (QED) is 0.901. The van der Waals surface area contributed by atoms with Gasteiger partial charge in [0.1, 0.15) is 11.8 Å². The highest BCUT2D eigenvalue weighted by Crippen LogP contribution is 2.28. The van der Waals surface area contributed by atoms with Crippen LogP contribution in [0.4, 0.5) is 19.1 Å². The van der Waals surface area contributed by atoms with E-state index in [1.807, 2.05) is 0 Å². The second-order valence-electron chi connectivity index (χ2n) is 4.99. The Labute approximate surface area is 129 Å². The van der Waals surface area contributed by atoms with Gasteiger partial charge in [-0.25, -0.2) is 9.97 Å². The molecule has 0 amide bonds. The van der Waals surface area contributed by atoms with Crippen LogP contribution in [0, 0.1) is 0 Å². The zero-order chi connectivity index (χ0) is 16.3. The smallest absolute Gasteiger partial charge is 0.368 e. The molecule has 124 valence electrons. The molecule has 2 aromatic heterocycles. The Balaban J connectivity index is 1.53. The summed E-state index contributed by atoms with van der Waals surface area (Å²) in [5, 5.41) is 6.53. The van der Waals surface area contributed by atoms with E-state index < -0.39 is 11.9 Å². The van der Waals surface area contributed by atoms with Crippen LogP contribution in [-0.2, 0) is 17.3 Å². The van der Waals surface area contributed by atoms with Crippen LogP contribution in [0.1, 0.15) is 36.4 Å². The van der Waals surface area contributed by atoms with Crippen LogP contribution in [0.3, 0.4) is 0 Å². The van der Waals surface area contributed by atoms with E-state index in [1.165, 1.54) is 0 Å². The fraction of sp³-hybridized carbons (Fsp3) is 0.538. The molecule has 7 nitrogen and oxygen atoms in total. The maximum atomic E-state index is 12.5.